The Balaban J connectivity index is 1.50. The van der Waals surface area contributed by atoms with E-state index in [-0.39, 0.29) is 24.6 Å². The van der Waals surface area contributed by atoms with Gasteiger partial charge in [-0.1, -0.05) is 18.2 Å². The van der Waals surface area contributed by atoms with E-state index >= 15 is 0 Å². The number of hydrogen-bond acceptors (Lipinski definition) is 4. The lowest BCUT2D eigenvalue weighted by atomic mass is 10.1. The second kappa shape index (κ2) is 9.51. The highest BCUT2D eigenvalue weighted by molar-refractivity contribution is 6.04. The van der Waals surface area contributed by atoms with Crippen LogP contribution in [0, 0.1) is 12.7 Å². The molecule has 3 aromatic rings. The van der Waals surface area contributed by atoms with Gasteiger partial charge in [-0.25, -0.2) is 4.39 Å². The lowest BCUT2D eigenvalue weighted by molar-refractivity contribution is -0.120. The molecule has 0 unspecified atom stereocenters. The topological polar surface area (TPSA) is 100 Å². The largest absolute Gasteiger partial charge is 0.469 e. The number of benzene rings is 2. The summed E-state index contributed by atoms with van der Waals surface area (Å²) in [5, 5.41) is 7.91. The number of carbonyl (C=O) groups is 3. The van der Waals surface area contributed by atoms with Crippen molar-refractivity contribution in [3.8, 4) is 0 Å². The molecule has 0 atom stereocenters. The summed E-state index contributed by atoms with van der Waals surface area (Å²) >= 11 is 0. The van der Waals surface area contributed by atoms with E-state index in [1.807, 2.05) is 0 Å². The molecule has 1 aromatic heterocycles. The zero-order chi connectivity index (χ0) is 21.5. The highest BCUT2D eigenvalue weighted by Crippen LogP contribution is 2.13. The molecule has 0 fully saturated rings. The summed E-state index contributed by atoms with van der Waals surface area (Å²) in [7, 11) is 0. The van der Waals surface area contributed by atoms with Crippen molar-refractivity contribution in [2.45, 2.75) is 13.5 Å². The molecule has 0 spiro atoms. The number of rotatable bonds is 7. The van der Waals surface area contributed by atoms with Crippen LogP contribution < -0.4 is 16.0 Å². The first-order valence-corrected chi connectivity index (χ1v) is 9.17. The van der Waals surface area contributed by atoms with E-state index in [4.69, 9.17) is 4.42 Å². The SMILES string of the molecule is Cc1occc1C(=O)NCC(=O)NCc1cccc(NC(=O)c2cccc(F)c2)c1. The minimum Gasteiger partial charge on any atom is -0.469 e. The third kappa shape index (κ3) is 5.54. The Labute approximate surface area is 172 Å². The average Bonchev–Trinajstić information content (AvgIpc) is 3.16. The van der Waals surface area contributed by atoms with E-state index in [2.05, 4.69) is 16.0 Å². The van der Waals surface area contributed by atoms with Crippen molar-refractivity contribution < 1.29 is 23.2 Å². The van der Waals surface area contributed by atoms with Crippen molar-refractivity contribution in [3.05, 3.63) is 89.1 Å². The van der Waals surface area contributed by atoms with Crippen molar-refractivity contribution in [2.24, 2.45) is 0 Å². The Bertz CT molecular complexity index is 1080. The van der Waals surface area contributed by atoms with Gasteiger partial charge in [0.2, 0.25) is 5.91 Å². The molecule has 8 heteroatoms. The fraction of sp³-hybridized carbons (Fsp3) is 0.136. The van der Waals surface area contributed by atoms with Crippen LogP contribution in [0.3, 0.4) is 0 Å². The summed E-state index contributed by atoms with van der Waals surface area (Å²) in [4.78, 5) is 36.2. The molecule has 3 N–H and O–H groups in total. The normalized spacial score (nSPS) is 10.3. The van der Waals surface area contributed by atoms with Gasteiger partial charge in [0.05, 0.1) is 18.4 Å². The predicted octanol–water partition coefficient (Wildman–Crippen LogP) is 3.03. The quantitative estimate of drug-likeness (QED) is 0.558. The van der Waals surface area contributed by atoms with Gasteiger partial charge in [-0.05, 0) is 48.9 Å². The van der Waals surface area contributed by atoms with Gasteiger partial charge >= 0.3 is 0 Å². The van der Waals surface area contributed by atoms with E-state index in [0.29, 0.717) is 17.0 Å². The molecule has 0 saturated carbocycles. The van der Waals surface area contributed by atoms with Crippen molar-refractivity contribution in [3.63, 3.8) is 0 Å². The Hall–Kier alpha value is -3.94. The number of nitrogens with one attached hydrogen (secondary N) is 3. The molecule has 3 rings (SSSR count). The standard InChI is InChI=1S/C22H20FN3O4/c1-14-19(8-9-30-14)22(29)25-13-20(27)24-12-15-4-2-7-18(10-15)26-21(28)16-5-3-6-17(23)11-16/h2-11H,12-13H2,1H3,(H,24,27)(H,25,29)(H,26,28). The number of furan rings is 1. The summed E-state index contributed by atoms with van der Waals surface area (Å²) in [5.41, 5.74) is 1.85. The van der Waals surface area contributed by atoms with Gasteiger partial charge in [-0.3, -0.25) is 14.4 Å². The van der Waals surface area contributed by atoms with Gasteiger partial charge in [-0.15, -0.1) is 0 Å². The smallest absolute Gasteiger partial charge is 0.255 e. The Morgan fingerprint density at radius 1 is 0.967 bits per heavy atom. The van der Waals surface area contributed by atoms with Crippen LogP contribution >= 0.6 is 0 Å². The lowest BCUT2D eigenvalue weighted by Gasteiger charge is -2.09. The molecule has 0 bridgehead atoms. The van der Waals surface area contributed by atoms with Crippen LogP contribution in [0.1, 0.15) is 32.0 Å². The number of carbonyl (C=O) groups excluding carboxylic acids is 3. The Kier molecular flexibility index (Phi) is 6.59. The monoisotopic (exact) mass is 409 g/mol. The molecule has 0 saturated heterocycles. The van der Waals surface area contributed by atoms with Crippen LogP contribution in [0.5, 0.6) is 0 Å². The number of halogens is 1. The fourth-order valence-corrected chi connectivity index (χ4v) is 2.73. The maximum absolute atomic E-state index is 13.3. The highest BCUT2D eigenvalue weighted by Gasteiger charge is 2.12. The van der Waals surface area contributed by atoms with E-state index < -0.39 is 17.6 Å². The number of anilines is 1. The van der Waals surface area contributed by atoms with Crippen molar-refractivity contribution in [1.29, 1.82) is 0 Å². The first-order chi connectivity index (χ1) is 14.4. The zero-order valence-corrected chi connectivity index (χ0v) is 16.2. The third-order valence-corrected chi connectivity index (χ3v) is 4.27. The molecule has 3 amide bonds. The molecule has 0 radical (unpaired) electrons. The first-order valence-electron chi connectivity index (χ1n) is 9.17. The number of amides is 3. The molecule has 2 aromatic carbocycles. The molecule has 0 aliphatic heterocycles. The van der Waals surface area contributed by atoms with Gasteiger partial charge in [0.15, 0.2) is 0 Å². The molecule has 0 aliphatic carbocycles. The van der Waals surface area contributed by atoms with Crippen LogP contribution in [0.15, 0.2) is 65.3 Å². The lowest BCUT2D eigenvalue weighted by Crippen LogP contribution is -2.36. The average molecular weight is 409 g/mol. The molecule has 1 heterocycles. The molecule has 154 valence electrons. The summed E-state index contributed by atoms with van der Waals surface area (Å²) < 4.78 is 18.3. The number of hydrogen-bond donors (Lipinski definition) is 3. The maximum Gasteiger partial charge on any atom is 0.255 e. The molecular weight excluding hydrogens is 389 g/mol. The van der Waals surface area contributed by atoms with Crippen molar-refractivity contribution in [2.75, 3.05) is 11.9 Å². The Morgan fingerprint density at radius 3 is 2.50 bits per heavy atom. The predicted molar refractivity (Wildman–Crippen MR) is 108 cm³/mol. The van der Waals surface area contributed by atoms with Gasteiger partial charge in [0.1, 0.15) is 11.6 Å². The highest BCUT2D eigenvalue weighted by atomic mass is 19.1. The van der Waals surface area contributed by atoms with Crippen LogP contribution in [0.4, 0.5) is 10.1 Å². The molecule has 0 aliphatic rings. The summed E-state index contributed by atoms with van der Waals surface area (Å²) in [5.74, 6) is -1.20. The van der Waals surface area contributed by atoms with Gasteiger partial charge < -0.3 is 20.4 Å². The molecule has 30 heavy (non-hydrogen) atoms. The van der Waals surface area contributed by atoms with Crippen molar-refractivity contribution in [1.82, 2.24) is 10.6 Å². The first kappa shape index (κ1) is 20.8. The second-order valence-corrected chi connectivity index (χ2v) is 6.51. The summed E-state index contributed by atoms with van der Waals surface area (Å²) in [6.07, 6.45) is 1.41. The maximum atomic E-state index is 13.3. The summed E-state index contributed by atoms with van der Waals surface area (Å²) in [6, 6.07) is 13.8. The van der Waals surface area contributed by atoms with Crippen LogP contribution in [-0.2, 0) is 11.3 Å². The van der Waals surface area contributed by atoms with Crippen LogP contribution in [0.25, 0.3) is 0 Å². The molecule has 7 nitrogen and oxygen atoms in total. The zero-order valence-electron chi connectivity index (χ0n) is 16.2. The van der Waals surface area contributed by atoms with Gasteiger partial charge in [-0.2, -0.15) is 0 Å². The number of aryl methyl sites for hydroxylation is 1. The summed E-state index contributed by atoms with van der Waals surface area (Å²) in [6.45, 7) is 1.69. The Morgan fingerprint density at radius 2 is 1.77 bits per heavy atom. The van der Waals surface area contributed by atoms with Gasteiger partial charge in [0.25, 0.3) is 11.8 Å². The van der Waals surface area contributed by atoms with Gasteiger partial charge in [0, 0.05) is 17.8 Å². The minimum atomic E-state index is -0.492. The van der Waals surface area contributed by atoms with E-state index in [1.165, 1.54) is 30.5 Å². The van der Waals surface area contributed by atoms with E-state index in [0.717, 1.165) is 11.6 Å². The minimum absolute atomic E-state index is 0.181. The van der Waals surface area contributed by atoms with Crippen molar-refractivity contribution >= 4 is 23.4 Å². The fourth-order valence-electron chi connectivity index (χ4n) is 2.73. The van der Waals surface area contributed by atoms with Crippen LogP contribution in [0.2, 0.25) is 0 Å². The molecular formula is C22H20FN3O4. The van der Waals surface area contributed by atoms with E-state index in [1.54, 1.807) is 31.2 Å². The van der Waals surface area contributed by atoms with Crippen LogP contribution in [-0.4, -0.2) is 24.3 Å². The van der Waals surface area contributed by atoms with E-state index in [9.17, 15) is 18.8 Å². The third-order valence-electron chi connectivity index (χ3n) is 4.27. The second-order valence-electron chi connectivity index (χ2n) is 6.51.